The normalized spacial score (nSPS) is 42.8. The molecule has 0 aromatic rings. The van der Waals surface area contributed by atoms with E-state index in [-0.39, 0.29) is 5.41 Å². The third-order valence-electron chi connectivity index (χ3n) is 5.97. The molecule has 2 atom stereocenters. The number of rotatable bonds is 0. The van der Waals surface area contributed by atoms with Gasteiger partial charge in [0, 0.05) is 11.8 Å². The second-order valence-electron chi connectivity index (χ2n) is 6.37. The Labute approximate surface area is 96.6 Å². The second kappa shape index (κ2) is 2.37. The quantitative estimate of drug-likeness (QED) is 0.604. The van der Waals surface area contributed by atoms with Crippen molar-refractivity contribution in [3.8, 4) is 0 Å². The number of hydrogen-bond acceptors (Lipinski definition) is 1. The van der Waals surface area contributed by atoms with Gasteiger partial charge < -0.3 is 0 Å². The standard InChI is InChI=1S/C15H18O/c1-9-7-12-10(2)13(16)8-15(12)11(9)3-4-14(15)5-6-14/h7,11H,3-6,8H2,1-2H3/t11-,15-/m0/s1. The fourth-order valence-corrected chi connectivity index (χ4v) is 5.04. The molecule has 2 saturated carbocycles. The molecule has 0 bridgehead atoms. The molecule has 4 aliphatic carbocycles. The van der Waals surface area contributed by atoms with E-state index >= 15 is 0 Å². The Balaban J connectivity index is 1.99. The van der Waals surface area contributed by atoms with Crippen molar-refractivity contribution in [2.24, 2.45) is 16.7 Å². The maximum atomic E-state index is 12.1. The van der Waals surface area contributed by atoms with Crippen LogP contribution >= 0.6 is 0 Å². The highest BCUT2D eigenvalue weighted by atomic mass is 16.1. The molecule has 4 rings (SSSR count). The summed E-state index contributed by atoms with van der Waals surface area (Å²) >= 11 is 0. The molecule has 1 heteroatoms. The van der Waals surface area contributed by atoms with Crippen LogP contribution in [0.4, 0.5) is 0 Å². The zero-order chi connectivity index (χ0) is 11.1. The molecule has 0 N–H and O–H groups in total. The van der Waals surface area contributed by atoms with Gasteiger partial charge in [0.25, 0.3) is 0 Å². The van der Waals surface area contributed by atoms with E-state index in [1.165, 1.54) is 31.3 Å². The predicted molar refractivity (Wildman–Crippen MR) is 62.9 cm³/mol. The highest BCUT2D eigenvalue weighted by Gasteiger charge is 2.70. The lowest BCUT2D eigenvalue weighted by Gasteiger charge is -2.34. The lowest BCUT2D eigenvalue weighted by Crippen LogP contribution is -2.30. The van der Waals surface area contributed by atoms with Crippen molar-refractivity contribution >= 4 is 5.78 Å². The maximum absolute atomic E-state index is 12.1. The lowest BCUT2D eigenvalue weighted by molar-refractivity contribution is -0.116. The highest BCUT2D eigenvalue weighted by Crippen LogP contribution is 2.78. The topological polar surface area (TPSA) is 17.1 Å². The first-order valence-corrected chi connectivity index (χ1v) is 6.53. The van der Waals surface area contributed by atoms with Crippen LogP contribution in [0, 0.1) is 16.7 Å². The number of carbonyl (C=O) groups is 1. The first-order chi connectivity index (χ1) is 7.61. The van der Waals surface area contributed by atoms with Gasteiger partial charge in [-0.2, -0.15) is 0 Å². The van der Waals surface area contributed by atoms with Crippen molar-refractivity contribution in [2.75, 3.05) is 0 Å². The molecule has 2 fully saturated rings. The summed E-state index contributed by atoms with van der Waals surface area (Å²) in [5, 5.41) is 0. The lowest BCUT2D eigenvalue weighted by atomic mass is 9.67. The molecule has 1 nitrogen and oxygen atoms in total. The second-order valence-corrected chi connectivity index (χ2v) is 6.37. The van der Waals surface area contributed by atoms with E-state index in [2.05, 4.69) is 13.0 Å². The molecule has 0 heterocycles. The first-order valence-electron chi connectivity index (χ1n) is 6.53. The van der Waals surface area contributed by atoms with E-state index in [1.54, 1.807) is 5.57 Å². The number of ketones is 1. The van der Waals surface area contributed by atoms with Crippen molar-refractivity contribution in [1.82, 2.24) is 0 Å². The van der Waals surface area contributed by atoms with E-state index in [1.807, 2.05) is 6.92 Å². The van der Waals surface area contributed by atoms with E-state index in [4.69, 9.17) is 0 Å². The maximum Gasteiger partial charge on any atom is 0.159 e. The Morgan fingerprint density at radius 3 is 2.69 bits per heavy atom. The SMILES string of the molecule is CC1=CC2=C(C)C(=O)C[C@]23[C@H]1CCC31CC1. The fourth-order valence-electron chi connectivity index (χ4n) is 5.04. The summed E-state index contributed by atoms with van der Waals surface area (Å²) in [6, 6.07) is 0. The van der Waals surface area contributed by atoms with Crippen LogP contribution < -0.4 is 0 Å². The molecule has 0 aromatic carbocycles. The molecule has 0 amide bonds. The molecule has 0 aromatic heterocycles. The minimum atomic E-state index is 0.276. The summed E-state index contributed by atoms with van der Waals surface area (Å²) in [7, 11) is 0. The largest absolute Gasteiger partial charge is 0.295 e. The van der Waals surface area contributed by atoms with Gasteiger partial charge in [0.05, 0.1) is 0 Å². The molecular formula is C15H18O. The Hall–Kier alpha value is -0.850. The van der Waals surface area contributed by atoms with Gasteiger partial charge in [-0.25, -0.2) is 0 Å². The molecule has 0 unspecified atom stereocenters. The molecule has 84 valence electrons. The summed E-state index contributed by atoms with van der Waals surface area (Å²) in [4.78, 5) is 12.1. The van der Waals surface area contributed by atoms with Gasteiger partial charge in [0.15, 0.2) is 5.78 Å². The Kier molecular flexibility index (Phi) is 1.36. The van der Waals surface area contributed by atoms with Crippen LogP contribution in [0.2, 0.25) is 0 Å². The molecule has 2 spiro atoms. The molecule has 4 aliphatic rings. The van der Waals surface area contributed by atoms with E-state index in [0.29, 0.717) is 17.1 Å². The number of allylic oxidation sites excluding steroid dienone is 4. The average molecular weight is 214 g/mol. The van der Waals surface area contributed by atoms with E-state index in [9.17, 15) is 4.79 Å². The van der Waals surface area contributed by atoms with Gasteiger partial charge >= 0.3 is 0 Å². The molecule has 0 aliphatic heterocycles. The van der Waals surface area contributed by atoms with Crippen molar-refractivity contribution in [3.05, 3.63) is 22.8 Å². The summed E-state index contributed by atoms with van der Waals surface area (Å²) in [6.07, 6.45) is 8.61. The Bertz CT molecular complexity index is 476. The minimum absolute atomic E-state index is 0.276. The average Bonchev–Trinajstić information content (AvgIpc) is 2.83. The van der Waals surface area contributed by atoms with E-state index < -0.39 is 0 Å². The first kappa shape index (κ1) is 9.21. The van der Waals surface area contributed by atoms with Crippen LogP contribution in [-0.2, 0) is 4.79 Å². The van der Waals surface area contributed by atoms with Gasteiger partial charge in [-0.3, -0.25) is 4.79 Å². The summed E-state index contributed by atoms with van der Waals surface area (Å²) in [6.45, 7) is 4.32. The fraction of sp³-hybridized carbons (Fsp3) is 0.667. The predicted octanol–water partition coefficient (Wildman–Crippen LogP) is 3.41. The van der Waals surface area contributed by atoms with Gasteiger partial charge in [-0.05, 0) is 62.0 Å². The van der Waals surface area contributed by atoms with Crippen LogP contribution in [0.25, 0.3) is 0 Å². The van der Waals surface area contributed by atoms with Gasteiger partial charge in [-0.1, -0.05) is 11.6 Å². The van der Waals surface area contributed by atoms with Crippen molar-refractivity contribution < 1.29 is 4.79 Å². The van der Waals surface area contributed by atoms with Crippen molar-refractivity contribution in [2.45, 2.75) is 46.0 Å². The molecule has 0 saturated heterocycles. The summed E-state index contributed by atoms with van der Waals surface area (Å²) < 4.78 is 0. The van der Waals surface area contributed by atoms with Gasteiger partial charge in [0.1, 0.15) is 0 Å². The minimum Gasteiger partial charge on any atom is -0.295 e. The Morgan fingerprint density at radius 1 is 1.25 bits per heavy atom. The van der Waals surface area contributed by atoms with Crippen LogP contribution in [0.15, 0.2) is 22.8 Å². The van der Waals surface area contributed by atoms with Gasteiger partial charge in [-0.15, -0.1) is 0 Å². The van der Waals surface area contributed by atoms with Crippen LogP contribution in [-0.4, -0.2) is 5.78 Å². The van der Waals surface area contributed by atoms with Gasteiger partial charge in [0.2, 0.25) is 0 Å². The monoisotopic (exact) mass is 214 g/mol. The molecule has 16 heavy (non-hydrogen) atoms. The zero-order valence-electron chi connectivity index (χ0n) is 10.1. The number of Topliss-reactive ketones (excluding diaryl/α,β-unsaturated/α-hetero) is 1. The number of hydrogen-bond donors (Lipinski definition) is 0. The highest BCUT2D eigenvalue weighted by molar-refractivity contribution is 6.01. The van der Waals surface area contributed by atoms with Crippen molar-refractivity contribution in [1.29, 1.82) is 0 Å². The van der Waals surface area contributed by atoms with Crippen LogP contribution in [0.1, 0.15) is 46.0 Å². The van der Waals surface area contributed by atoms with E-state index in [0.717, 1.165) is 12.0 Å². The number of carbonyl (C=O) groups excluding carboxylic acids is 1. The third-order valence-corrected chi connectivity index (χ3v) is 5.97. The Morgan fingerprint density at radius 2 is 2.00 bits per heavy atom. The summed E-state index contributed by atoms with van der Waals surface area (Å²) in [5.41, 5.74) is 4.88. The molecule has 0 radical (unpaired) electrons. The van der Waals surface area contributed by atoms with Crippen LogP contribution in [0.5, 0.6) is 0 Å². The summed E-state index contributed by atoms with van der Waals surface area (Å²) in [5.74, 6) is 1.13. The van der Waals surface area contributed by atoms with Crippen molar-refractivity contribution in [3.63, 3.8) is 0 Å². The molecular weight excluding hydrogens is 196 g/mol. The third kappa shape index (κ3) is 0.714. The zero-order valence-corrected chi connectivity index (χ0v) is 10.1. The van der Waals surface area contributed by atoms with Crippen LogP contribution in [0.3, 0.4) is 0 Å². The smallest absolute Gasteiger partial charge is 0.159 e.